The van der Waals surface area contributed by atoms with E-state index in [0.29, 0.717) is 11.1 Å². The summed E-state index contributed by atoms with van der Waals surface area (Å²) in [4.78, 5) is 38.7. The van der Waals surface area contributed by atoms with Crippen LogP contribution in [0.2, 0.25) is 0 Å². The van der Waals surface area contributed by atoms with Gasteiger partial charge >= 0.3 is 5.97 Å². The summed E-state index contributed by atoms with van der Waals surface area (Å²) in [5.74, 6) is -5.21. The minimum absolute atomic E-state index is 0.102. The van der Waals surface area contributed by atoms with Gasteiger partial charge in [0.25, 0.3) is 0 Å². The minimum Gasteiger partial charge on any atom is -0.463 e. The van der Waals surface area contributed by atoms with Crippen LogP contribution >= 0.6 is 0 Å². The highest BCUT2D eigenvalue weighted by atomic mass is 32.2. The molecule has 0 unspecified atom stereocenters. The van der Waals surface area contributed by atoms with Gasteiger partial charge in [-0.3, -0.25) is 14.9 Å². The highest BCUT2D eigenvalue weighted by Gasteiger charge is 2.70. The first-order valence-corrected chi connectivity index (χ1v) is 12.0. The van der Waals surface area contributed by atoms with Crippen LogP contribution in [0.25, 0.3) is 5.57 Å². The lowest BCUT2D eigenvalue weighted by atomic mass is 9.75. The zero-order valence-electron chi connectivity index (χ0n) is 17.2. The Morgan fingerprint density at radius 3 is 2.03 bits per heavy atom. The number of allylic oxidation sites excluding steroid dienone is 1. The second-order valence-corrected chi connectivity index (χ2v) is 10.3. The molecule has 2 fully saturated rings. The summed E-state index contributed by atoms with van der Waals surface area (Å²) in [6.07, 6.45) is 0. The van der Waals surface area contributed by atoms with Gasteiger partial charge in [-0.2, -0.15) is 0 Å². The van der Waals surface area contributed by atoms with Crippen molar-refractivity contribution in [2.24, 2.45) is 23.7 Å². The maximum absolute atomic E-state index is 13.8. The maximum atomic E-state index is 13.8. The first kappa shape index (κ1) is 20.6. The summed E-state index contributed by atoms with van der Waals surface area (Å²) in [5.41, 5.74) is 1.34. The molecule has 5 atom stereocenters. The molecule has 1 saturated carbocycles. The molecule has 2 aliphatic carbocycles. The first-order chi connectivity index (χ1) is 15.4. The first-order valence-electron chi connectivity index (χ1n) is 10.5. The Morgan fingerprint density at radius 1 is 0.875 bits per heavy atom. The van der Waals surface area contributed by atoms with Crippen LogP contribution in [0.1, 0.15) is 12.5 Å². The van der Waals surface area contributed by atoms with Crippen molar-refractivity contribution >= 4 is 33.2 Å². The van der Waals surface area contributed by atoms with Crippen molar-refractivity contribution in [2.75, 3.05) is 6.61 Å². The Hall–Kier alpha value is -3.26. The quantitative estimate of drug-likeness (QED) is 0.551. The molecule has 32 heavy (non-hydrogen) atoms. The van der Waals surface area contributed by atoms with Crippen LogP contribution in [0.5, 0.6) is 0 Å². The second kappa shape index (κ2) is 7.41. The van der Waals surface area contributed by atoms with Gasteiger partial charge in [-0.15, -0.1) is 0 Å². The molecule has 0 aromatic heterocycles. The number of nitrogens with one attached hydrogen (secondary N) is 1. The third kappa shape index (κ3) is 2.79. The molecule has 0 spiro atoms. The number of carbonyl (C=O) groups is 3. The SMILES string of the molecule is CCOC(=O)C1=C(c2ccccc2)[C@H]2[C@H]3C(=O)NC(=O)[C@H]3[C@@H]1[C@H]2S(=O)(=O)c1ccccc1. The molecule has 7 nitrogen and oxygen atoms in total. The molecule has 1 heterocycles. The molecule has 2 amide bonds. The second-order valence-electron chi connectivity index (χ2n) is 8.19. The fourth-order valence-electron chi connectivity index (χ4n) is 5.64. The number of ether oxygens (including phenoxy) is 1. The number of carbonyl (C=O) groups excluding carboxylic acids is 3. The molecule has 5 rings (SSSR count). The highest BCUT2D eigenvalue weighted by Crippen LogP contribution is 2.62. The van der Waals surface area contributed by atoms with E-state index in [1.54, 1.807) is 49.4 Å². The molecule has 0 radical (unpaired) electrons. The van der Waals surface area contributed by atoms with Crippen LogP contribution in [0.15, 0.2) is 71.1 Å². The average molecular weight is 452 g/mol. The van der Waals surface area contributed by atoms with E-state index in [9.17, 15) is 22.8 Å². The molecule has 164 valence electrons. The summed E-state index contributed by atoms with van der Waals surface area (Å²) in [6.45, 7) is 1.78. The van der Waals surface area contributed by atoms with Crippen LogP contribution in [0, 0.1) is 23.7 Å². The zero-order chi connectivity index (χ0) is 22.6. The lowest BCUT2D eigenvalue weighted by Gasteiger charge is -2.25. The average Bonchev–Trinajstić information content (AvgIpc) is 3.42. The fraction of sp³-hybridized carbons (Fsp3) is 0.292. The molecule has 1 N–H and O–H groups in total. The van der Waals surface area contributed by atoms with Gasteiger partial charge in [0.1, 0.15) is 0 Å². The number of imide groups is 1. The van der Waals surface area contributed by atoms with E-state index in [1.165, 1.54) is 12.1 Å². The number of amides is 2. The van der Waals surface area contributed by atoms with Crippen molar-refractivity contribution in [3.8, 4) is 0 Å². The maximum Gasteiger partial charge on any atom is 0.334 e. The van der Waals surface area contributed by atoms with Gasteiger partial charge in [0.05, 0.1) is 28.6 Å². The van der Waals surface area contributed by atoms with Crippen LogP contribution in [0.3, 0.4) is 0 Å². The van der Waals surface area contributed by atoms with E-state index >= 15 is 0 Å². The molecule has 8 heteroatoms. The number of rotatable bonds is 5. The zero-order valence-corrected chi connectivity index (χ0v) is 18.0. The van der Waals surface area contributed by atoms with Crippen molar-refractivity contribution in [2.45, 2.75) is 17.1 Å². The molecule has 2 bridgehead atoms. The summed E-state index contributed by atoms with van der Waals surface area (Å²) in [5, 5.41) is 1.24. The number of sulfone groups is 1. The lowest BCUT2D eigenvalue weighted by molar-refractivity contribution is -0.139. The van der Waals surface area contributed by atoms with Crippen LogP contribution in [-0.4, -0.2) is 38.1 Å². The van der Waals surface area contributed by atoms with E-state index in [-0.39, 0.29) is 17.1 Å². The Labute approximate surface area is 185 Å². The molecule has 1 aliphatic heterocycles. The van der Waals surface area contributed by atoms with Gasteiger partial charge in [0, 0.05) is 17.4 Å². The van der Waals surface area contributed by atoms with Gasteiger partial charge in [-0.1, -0.05) is 48.5 Å². The Bertz CT molecular complexity index is 1250. The van der Waals surface area contributed by atoms with E-state index in [0.717, 1.165) is 0 Å². The summed E-state index contributed by atoms with van der Waals surface area (Å²) in [7, 11) is -3.97. The lowest BCUT2D eigenvalue weighted by Crippen LogP contribution is -2.36. The molecular weight excluding hydrogens is 430 g/mol. The standard InChI is InChI=1S/C24H21NO6S/c1-2-31-24(28)20-15(13-9-5-3-6-10-13)16-18-19(23(27)25-22(18)26)17(20)21(16)32(29,30)14-11-7-4-8-12-14/h3-12,16-19,21H,2H2,1H3,(H,25,26,27)/t16-,17-,18+,19-,21-/m0/s1. The number of benzene rings is 2. The predicted octanol–water partition coefficient (Wildman–Crippen LogP) is 1.99. The molecule has 2 aromatic carbocycles. The predicted molar refractivity (Wildman–Crippen MR) is 115 cm³/mol. The number of hydrogen-bond donors (Lipinski definition) is 1. The normalized spacial score (nSPS) is 28.6. The van der Waals surface area contributed by atoms with Gasteiger partial charge in [0.15, 0.2) is 9.84 Å². The largest absolute Gasteiger partial charge is 0.463 e. The molecule has 2 aromatic rings. The monoisotopic (exact) mass is 451 g/mol. The van der Waals surface area contributed by atoms with Crippen LogP contribution < -0.4 is 5.32 Å². The Morgan fingerprint density at radius 2 is 1.44 bits per heavy atom. The Kier molecular flexibility index (Phi) is 4.78. The van der Waals surface area contributed by atoms with Crippen molar-refractivity contribution in [1.82, 2.24) is 5.32 Å². The number of fused-ring (bicyclic) bond motifs is 5. The van der Waals surface area contributed by atoms with E-state index in [4.69, 9.17) is 4.74 Å². The van der Waals surface area contributed by atoms with Gasteiger partial charge in [0.2, 0.25) is 11.8 Å². The van der Waals surface area contributed by atoms with E-state index in [2.05, 4.69) is 5.32 Å². The van der Waals surface area contributed by atoms with Gasteiger partial charge < -0.3 is 4.74 Å². The topological polar surface area (TPSA) is 107 Å². The van der Waals surface area contributed by atoms with Crippen molar-refractivity contribution < 1.29 is 27.5 Å². The number of hydrogen-bond acceptors (Lipinski definition) is 6. The third-order valence-electron chi connectivity index (χ3n) is 6.69. The summed E-state index contributed by atoms with van der Waals surface area (Å²) >= 11 is 0. The van der Waals surface area contributed by atoms with Gasteiger partial charge in [-0.05, 0) is 30.2 Å². The van der Waals surface area contributed by atoms with Crippen LogP contribution in [0.4, 0.5) is 0 Å². The summed E-state index contributed by atoms with van der Waals surface area (Å²) < 4.78 is 32.9. The highest BCUT2D eigenvalue weighted by molar-refractivity contribution is 7.92. The third-order valence-corrected chi connectivity index (χ3v) is 8.92. The van der Waals surface area contributed by atoms with E-state index < -0.39 is 56.5 Å². The van der Waals surface area contributed by atoms with E-state index in [1.807, 2.05) is 6.07 Å². The van der Waals surface area contributed by atoms with Crippen LogP contribution in [-0.2, 0) is 29.0 Å². The van der Waals surface area contributed by atoms with Gasteiger partial charge in [-0.25, -0.2) is 13.2 Å². The smallest absolute Gasteiger partial charge is 0.334 e. The van der Waals surface area contributed by atoms with Crippen molar-refractivity contribution in [3.05, 3.63) is 71.8 Å². The minimum atomic E-state index is -3.97. The molecule has 3 aliphatic rings. The van der Waals surface area contributed by atoms with Crippen molar-refractivity contribution in [3.63, 3.8) is 0 Å². The number of esters is 1. The Balaban J connectivity index is 1.77. The molecule has 1 saturated heterocycles. The summed E-state index contributed by atoms with van der Waals surface area (Å²) in [6, 6.07) is 16.9. The fourth-order valence-corrected chi connectivity index (χ4v) is 7.87. The van der Waals surface area contributed by atoms with Crippen molar-refractivity contribution in [1.29, 1.82) is 0 Å². The molecular formula is C24H21NO6S.